The summed E-state index contributed by atoms with van der Waals surface area (Å²) in [5.41, 5.74) is 2.61. The highest BCUT2D eigenvalue weighted by Gasteiger charge is 2.16. The minimum atomic E-state index is 0.818. The number of aromatic nitrogens is 2. The van der Waals surface area contributed by atoms with E-state index >= 15 is 0 Å². The Bertz CT molecular complexity index is 360. The summed E-state index contributed by atoms with van der Waals surface area (Å²) < 4.78 is 0. The van der Waals surface area contributed by atoms with Crippen LogP contribution in [0.1, 0.15) is 50.8 Å². The minimum Gasteiger partial charge on any atom is -0.370 e. The topological polar surface area (TPSA) is 37.8 Å². The molecule has 1 aromatic rings. The zero-order valence-electron chi connectivity index (χ0n) is 11.0. The largest absolute Gasteiger partial charge is 0.370 e. The highest BCUT2D eigenvalue weighted by atomic mass is 15.0. The molecule has 0 unspecified atom stereocenters. The fourth-order valence-electron chi connectivity index (χ4n) is 2.40. The van der Waals surface area contributed by atoms with Crippen molar-refractivity contribution in [2.75, 3.05) is 11.9 Å². The van der Waals surface area contributed by atoms with Crippen LogP contribution >= 0.6 is 0 Å². The molecule has 0 aromatic carbocycles. The molecule has 17 heavy (non-hydrogen) atoms. The van der Waals surface area contributed by atoms with Crippen LogP contribution in [0.2, 0.25) is 0 Å². The molecular weight excluding hydrogens is 210 g/mol. The number of nitrogens with zero attached hydrogens (tertiary/aromatic N) is 2. The van der Waals surface area contributed by atoms with E-state index in [1.54, 1.807) is 6.33 Å². The third kappa shape index (κ3) is 3.42. The normalized spacial score (nSPS) is 14.1. The van der Waals surface area contributed by atoms with Crippen molar-refractivity contribution in [3.8, 4) is 0 Å². The zero-order valence-corrected chi connectivity index (χ0v) is 11.0. The van der Waals surface area contributed by atoms with Crippen molar-refractivity contribution in [3.63, 3.8) is 0 Å². The molecule has 0 fully saturated rings. The highest BCUT2D eigenvalue weighted by molar-refractivity contribution is 5.47. The van der Waals surface area contributed by atoms with Gasteiger partial charge < -0.3 is 5.32 Å². The van der Waals surface area contributed by atoms with Gasteiger partial charge in [-0.1, -0.05) is 26.7 Å². The first kappa shape index (κ1) is 12.3. The lowest BCUT2D eigenvalue weighted by atomic mass is 10.1. The maximum absolute atomic E-state index is 4.36. The van der Waals surface area contributed by atoms with Crippen molar-refractivity contribution in [2.24, 2.45) is 5.92 Å². The highest BCUT2D eigenvalue weighted by Crippen LogP contribution is 2.24. The first-order valence-corrected chi connectivity index (χ1v) is 6.84. The van der Waals surface area contributed by atoms with Gasteiger partial charge in [-0.3, -0.25) is 0 Å². The van der Waals surface area contributed by atoms with Crippen molar-refractivity contribution in [2.45, 2.75) is 52.4 Å². The van der Waals surface area contributed by atoms with Crippen LogP contribution in [0.25, 0.3) is 0 Å². The summed E-state index contributed by atoms with van der Waals surface area (Å²) in [6, 6.07) is 0. The van der Waals surface area contributed by atoms with Gasteiger partial charge in [0.1, 0.15) is 12.1 Å². The summed E-state index contributed by atoms with van der Waals surface area (Å²) in [4.78, 5) is 8.70. The van der Waals surface area contributed by atoms with Crippen molar-refractivity contribution in [1.82, 2.24) is 9.97 Å². The van der Waals surface area contributed by atoms with Crippen molar-refractivity contribution < 1.29 is 0 Å². The SMILES string of the molecule is CC(C)CCCCNc1ncnc2c1CCC2. The molecule has 0 saturated heterocycles. The number of unbranched alkanes of at least 4 members (excludes halogenated alkanes) is 1. The molecule has 1 aromatic heterocycles. The molecule has 1 aliphatic rings. The Morgan fingerprint density at radius 3 is 2.94 bits per heavy atom. The molecule has 94 valence electrons. The lowest BCUT2D eigenvalue weighted by molar-refractivity contribution is 0.544. The minimum absolute atomic E-state index is 0.818. The van der Waals surface area contributed by atoms with Crippen molar-refractivity contribution >= 4 is 5.82 Å². The van der Waals surface area contributed by atoms with Gasteiger partial charge in [0.25, 0.3) is 0 Å². The lowest BCUT2D eigenvalue weighted by Gasteiger charge is -2.09. The Morgan fingerprint density at radius 2 is 2.12 bits per heavy atom. The Labute approximate surface area is 104 Å². The van der Waals surface area contributed by atoms with Crippen LogP contribution < -0.4 is 5.32 Å². The standard InChI is InChI=1S/C14H23N3/c1-11(2)6-3-4-9-15-14-12-7-5-8-13(12)16-10-17-14/h10-11H,3-9H2,1-2H3,(H,15,16,17). The molecule has 1 N–H and O–H groups in total. The summed E-state index contributed by atoms with van der Waals surface area (Å²) >= 11 is 0. The number of fused-ring (bicyclic) bond motifs is 1. The number of nitrogens with one attached hydrogen (secondary N) is 1. The van der Waals surface area contributed by atoms with E-state index in [0.29, 0.717) is 0 Å². The Balaban J connectivity index is 1.78. The summed E-state index contributed by atoms with van der Waals surface area (Å²) in [5, 5.41) is 3.47. The molecule has 0 bridgehead atoms. The molecule has 2 rings (SSSR count). The van der Waals surface area contributed by atoms with Gasteiger partial charge in [-0.15, -0.1) is 0 Å². The summed E-state index contributed by atoms with van der Waals surface area (Å²) in [6.45, 7) is 5.60. The molecule has 0 atom stereocenters. The maximum Gasteiger partial charge on any atom is 0.132 e. The maximum atomic E-state index is 4.36. The predicted octanol–water partition coefficient (Wildman–Crippen LogP) is 3.20. The molecule has 0 saturated carbocycles. The van der Waals surface area contributed by atoms with Crippen LogP contribution in [-0.2, 0) is 12.8 Å². The average Bonchev–Trinajstić information content (AvgIpc) is 2.77. The van der Waals surface area contributed by atoms with E-state index in [9.17, 15) is 0 Å². The predicted molar refractivity (Wildman–Crippen MR) is 71.2 cm³/mol. The summed E-state index contributed by atoms with van der Waals surface area (Å²) in [7, 11) is 0. The van der Waals surface area contributed by atoms with E-state index in [1.807, 2.05) is 0 Å². The first-order chi connectivity index (χ1) is 8.27. The van der Waals surface area contributed by atoms with Crippen LogP contribution in [0.5, 0.6) is 0 Å². The number of hydrogen-bond acceptors (Lipinski definition) is 3. The number of anilines is 1. The van der Waals surface area contributed by atoms with Gasteiger partial charge >= 0.3 is 0 Å². The Kier molecular flexibility index (Phi) is 4.35. The average molecular weight is 233 g/mol. The molecule has 0 radical (unpaired) electrons. The Hall–Kier alpha value is -1.12. The summed E-state index contributed by atoms with van der Waals surface area (Å²) in [5.74, 6) is 1.90. The van der Waals surface area contributed by atoms with Gasteiger partial charge in [0.05, 0.1) is 0 Å². The molecule has 3 heteroatoms. The van der Waals surface area contributed by atoms with Gasteiger partial charge in [-0.25, -0.2) is 9.97 Å². The second-order valence-electron chi connectivity index (χ2n) is 5.32. The first-order valence-electron chi connectivity index (χ1n) is 6.84. The monoisotopic (exact) mass is 233 g/mol. The fraction of sp³-hybridized carbons (Fsp3) is 0.714. The molecule has 0 spiro atoms. The van der Waals surface area contributed by atoms with Gasteiger partial charge in [0.15, 0.2) is 0 Å². The summed E-state index contributed by atoms with van der Waals surface area (Å²) in [6.07, 6.45) is 9.06. The van der Waals surface area contributed by atoms with E-state index in [2.05, 4.69) is 29.1 Å². The Morgan fingerprint density at radius 1 is 1.24 bits per heavy atom. The van der Waals surface area contributed by atoms with Crippen LogP contribution in [0, 0.1) is 5.92 Å². The van der Waals surface area contributed by atoms with E-state index in [0.717, 1.165) is 31.1 Å². The smallest absolute Gasteiger partial charge is 0.132 e. The molecule has 1 heterocycles. The van der Waals surface area contributed by atoms with Crippen LogP contribution in [0.3, 0.4) is 0 Å². The third-order valence-electron chi connectivity index (χ3n) is 3.38. The number of aryl methyl sites for hydroxylation is 1. The molecule has 3 nitrogen and oxygen atoms in total. The van der Waals surface area contributed by atoms with Gasteiger partial charge in [0, 0.05) is 17.8 Å². The van der Waals surface area contributed by atoms with Crippen LogP contribution in [0.4, 0.5) is 5.82 Å². The number of rotatable bonds is 6. The molecule has 0 aliphatic heterocycles. The lowest BCUT2D eigenvalue weighted by Crippen LogP contribution is -2.07. The molecular formula is C14H23N3. The van der Waals surface area contributed by atoms with Crippen LogP contribution in [0.15, 0.2) is 6.33 Å². The van der Waals surface area contributed by atoms with Gasteiger partial charge in [-0.05, 0) is 31.6 Å². The molecule has 1 aliphatic carbocycles. The van der Waals surface area contributed by atoms with Crippen LogP contribution in [-0.4, -0.2) is 16.5 Å². The fourth-order valence-corrected chi connectivity index (χ4v) is 2.40. The number of hydrogen-bond donors (Lipinski definition) is 1. The second-order valence-corrected chi connectivity index (χ2v) is 5.32. The van der Waals surface area contributed by atoms with E-state index in [1.165, 1.54) is 36.9 Å². The quantitative estimate of drug-likeness (QED) is 0.767. The second kappa shape index (κ2) is 5.99. The van der Waals surface area contributed by atoms with E-state index < -0.39 is 0 Å². The van der Waals surface area contributed by atoms with Gasteiger partial charge in [0.2, 0.25) is 0 Å². The zero-order chi connectivity index (χ0) is 12.1. The third-order valence-corrected chi connectivity index (χ3v) is 3.38. The molecule has 0 amide bonds. The van der Waals surface area contributed by atoms with Gasteiger partial charge in [-0.2, -0.15) is 0 Å². The van der Waals surface area contributed by atoms with E-state index in [4.69, 9.17) is 0 Å². The van der Waals surface area contributed by atoms with Crippen molar-refractivity contribution in [3.05, 3.63) is 17.6 Å². The van der Waals surface area contributed by atoms with Crippen molar-refractivity contribution in [1.29, 1.82) is 0 Å². The van der Waals surface area contributed by atoms with E-state index in [-0.39, 0.29) is 0 Å².